The van der Waals surface area contributed by atoms with Crippen LogP contribution in [0.1, 0.15) is 106 Å². The van der Waals surface area contributed by atoms with Crippen molar-refractivity contribution in [3.8, 4) is 61.3 Å². The lowest BCUT2D eigenvalue weighted by Gasteiger charge is -2.26. The van der Waals surface area contributed by atoms with Gasteiger partial charge in [0.25, 0.3) is 0 Å². The smallest absolute Gasteiger partial charge is 0.0541 e. The van der Waals surface area contributed by atoms with E-state index in [1.807, 2.05) is 0 Å². The van der Waals surface area contributed by atoms with Crippen LogP contribution in [0.4, 0.5) is 17.1 Å². The number of benzene rings is 10. The molecule has 1 heterocycles. The molecule has 2 nitrogen and oxygen atoms in total. The highest BCUT2D eigenvalue weighted by atomic mass is 15.1. The first kappa shape index (κ1) is 52.8. The number of anilines is 3. The van der Waals surface area contributed by atoms with Crippen LogP contribution in [0, 0.1) is 13.8 Å². The summed E-state index contributed by atoms with van der Waals surface area (Å²) < 4.78 is 2.47. The predicted molar refractivity (Wildman–Crippen MR) is 342 cm³/mol. The van der Waals surface area contributed by atoms with Gasteiger partial charge < -0.3 is 9.47 Å². The molecule has 0 aliphatic carbocycles. The molecule has 0 N–H and O–H groups in total. The van der Waals surface area contributed by atoms with Crippen molar-refractivity contribution >= 4 is 38.9 Å². The summed E-state index contributed by atoms with van der Waals surface area (Å²) in [5.41, 5.74) is 26.6. The lowest BCUT2D eigenvalue weighted by molar-refractivity contribution is 0.664. The van der Waals surface area contributed by atoms with Gasteiger partial charge in [0.05, 0.1) is 11.0 Å². The van der Waals surface area contributed by atoms with Gasteiger partial charge in [0.2, 0.25) is 0 Å². The van der Waals surface area contributed by atoms with E-state index >= 15 is 0 Å². The summed E-state index contributed by atoms with van der Waals surface area (Å²) >= 11 is 0. The fourth-order valence-corrected chi connectivity index (χ4v) is 11.8. The van der Waals surface area contributed by atoms with Crippen LogP contribution in [0.3, 0.4) is 0 Å². The molecule has 0 unspecified atom stereocenters. The van der Waals surface area contributed by atoms with Crippen molar-refractivity contribution in [3.63, 3.8) is 0 Å². The summed E-state index contributed by atoms with van der Waals surface area (Å²) in [6.07, 6.45) is 14.1. The topological polar surface area (TPSA) is 8.17 Å². The highest BCUT2D eigenvalue weighted by Gasteiger charge is 2.20. The van der Waals surface area contributed by atoms with Crippen molar-refractivity contribution in [2.45, 2.75) is 112 Å². The number of nitrogens with zero attached hydrogens (tertiary/aromatic N) is 2. The SMILES string of the molecule is CCCCCCc1cc(-c2ccc3c(c2)c2cc(-c4ccccc4)ccc2n3-c2ccc(-c3ccc(C)cc3)cc2)c(CCCCCC)cc1-c1ccc(N(c2ccc(C)cc2)c2ccc(-c3ccc(CCC)cc3)cc2)cc1. The van der Waals surface area contributed by atoms with Gasteiger partial charge in [-0.05, 0) is 191 Å². The van der Waals surface area contributed by atoms with Gasteiger partial charge in [-0.15, -0.1) is 0 Å². The fraction of sp³-hybridized carbons (Fsp3) is 0.221. The summed E-state index contributed by atoms with van der Waals surface area (Å²) in [5, 5.41) is 2.55. The second-order valence-electron chi connectivity index (χ2n) is 22.1. The van der Waals surface area contributed by atoms with E-state index < -0.39 is 0 Å². The summed E-state index contributed by atoms with van der Waals surface area (Å²) in [4.78, 5) is 2.40. The van der Waals surface area contributed by atoms with Gasteiger partial charge in [-0.25, -0.2) is 0 Å². The fourth-order valence-electron chi connectivity index (χ4n) is 11.8. The average Bonchev–Trinajstić information content (AvgIpc) is 4.10. The van der Waals surface area contributed by atoms with E-state index in [9.17, 15) is 0 Å². The Kier molecular flexibility index (Phi) is 16.5. The number of hydrogen-bond acceptors (Lipinski definition) is 1. The summed E-state index contributed by atoms with van der Waals surface area (Å²) in [6.45, 7) is 11.2. The second kappa shape index (κ2) is 24.6. The zero-order valence-electron chi connectivity index (χ0n) is 47.2. The molecule has 0 saturated carbocycles. The van der Waals surface area contributed by atoms with Crippen LogP contribution in [0.5, 0.6) is 0 Å². The summed E-state index contributed by atoms with van der Waals surface area (Å²) in [7, 11) is 0. The Labute approximate surface area is 471 Å². The lowest BCUT2D eigenvalue weighted by Crippen LogP contribution is -2.09. The average molecular weight is 1030 g/mol. The van der Waals surface area contributed by atoms with Crippen LogP contribution in [0.2, 0.25) is 0 Å². The van der Waals surface area contributed by atoms with Crippen LogP contribution in [-0.2, 0) is 19.3 Å². The maximum absolute atomic E-state index is 2.60. The van der Waals surface area contributed by atoms with Gasteiger partial charge in [-0.2, -0.15) is 0 Å². The molecular weight excluding hydrogens is 953 g/mol. The van der Waals surface area contributed by atoms with Gasteiger partial charge >= 0.3 is 0 Å². The minimum atomic E-state index is 1.04. The molecule has 1 aromatic heterocycles. The first-order chi connectivity index (χ1) is 38.8. The molecule has 11 aromatic rings. The van der Waals surface area contributed by atoms with E-state index in [1.165, 1.54) is 162 Å². The molecule has 0 spiro atoms. The van der Waals surface area contributed by atoms with Crippen molar-refractivity contribution < 1.29 is 0 Å². The van der Waals surface area contributed by atoms with Crippen LogP contribution < -0.4 is 4.90 Å². The molecule has 2 heteroatoms. The van der Waals surface area contributed by atoms with Crippen molar-refractivity contribution in [2.24, 2.45) is 0 Å². The minimum Gasteiger partial charge on any atom is -0.311 e. The third-order valence-electron chi connectivity index (χ3n) is 16.3. The number of rotatable bonds is 21. The van der Waals surface area contributed by atoms with E-state index in [0.29, 0.717) is 0 Å². The Morgan fingerprint density at radius 1 is 0.316 bits per heavy atom. The van der Waals surface area contributed by atoms with E-state index in [1.54, 1.807) is 0 Å². The molecule has 0 bridgehead atoms. The second-order valence-corrected chi connectivity index (χ2v) is 22.1. The summed E-state index contributed by atoms with van der Waals surface area (Å²) in [6, 6.07) is 85.0. The van der Waals surface area contributed by atoms with E-state index in [2.05, 4.69) is 269 Å². The zero-order valence-corrected chi connectivity index (χ0v) is 47.2. The maximum atomic E-state index is 2.60. The van der Waals surface area contributed by atoms with Crippen LogP contribution >= 0.6 is 0 Å². The molecule has 0 saturated heterocycles. The van der Waals surface area contributed by atoms with Crippen LogP contribution in [-0.4, -0.2) is 4.57 Å². The van der Waals surface area contributed by atoms with Crippen LogP contribution in [0.25, 0.3) is 83.1 Å². The molecule has 0 aliphatic heterocycles. The van der Waals surface area contributed by atoms with Gasteiger partial charge in [0, 0.05) is 33.5 Å². The third kappa shape index (κ3) is 11.8. The number of unbranched alkanes of at least 4 members (excludes halogenated alkanes) is 6. The Balaban J connectivity index is 1.01. The molecule has 11 rings (SSSR count). The molecule has 0 fully saturated rings. The molecule has 0 amide bonds. The van der Waals surface area contributed by atoms with Gasteiger partial charge in [0.1, 0.15) is 0 Å². The molecular formula is C77H76N2. The largest absolute Gasteiger partial charge is 0.311 e. The Morgan fingerprint density at radius 3 is 1.24 bits per heavy atom. The maximum Gasteiger partial charge on any atom is 0.0541 e. The molecule has 394 valence electrons. The third-order valence-corrected chi connectivity index (χ3v) is 16.3. The quantitative estimate of drug-likeness (QED) is 0.0651. The van der Waals surface area contributed by atoms with E-state index in [4.69, 9.17) is 0 Å². The minimum absolute atomic E-state index is 1.04. The van der Waals surface area contributed by atoms with E-state index in [-0.39, 0.29) is 0 Å². The Bertz CT molecular complexity index is 3770. The van der Waals surface area contributed by atoms with Crippen molar-refractivity contribution in [1.29, 1.82) is 0 Å². The number of hydrogen-bond donors (Lipinski definition) is 0. The Morgan fingerprint density at radius 2 is 0.722 bits per heavy atom. The standard InChI is InChI=1S/C77H76N2/c1-6-9-11-14-21-65-53-73(67-40-50-77-75(54-67)74-51-64(58-19-16-13-17-20-58)39-49-76(74)79(77)71-45-35-61(36-46-71)59-29-23-55(4)24-30-59)66(22-15-12-10-7-2)52-72(65)63-37-47-70(48-38-63)78(68-41-25-56(5)26-42-68)69-43-33-62(34-44-69)60-31-27-57(18-8-3)28-32-60/h13,16-17,19-20,23-54H,6-12,14-15,18,21-22H2,1-5H3. The van der Waals surface area contributed by atoms with Gasteiger partial charge in [0.15, 0.2) is 0 Å². The highest BCUT2D eigenvalue weighted by molar-refractivity contribution is 6.12. The molecule has 10 aromatic carbocycles. The lowest BCUT2D eigenvalue weighted by atomic mass is 9.86. The highest BCUT2D eigenvalue weighted by Crippen LogP contribution is 2.42. The molecule has 0 radical (unpaired) electrons. The molecule has 79 heavy (non-hydrogen) atoms. The summed E-state index contributed by atoms with van der Waals surface area (Å²) in [5.74, 6) is 0. The zero-order chi connectivity index (χ0) is 54.1. The monoisotopic (exact) mass is 1030 g/mol. The first-order valence-electron chi connectivity index (χ1n) is 29.5. The Hall–Kier alpha value is -8.20. The number of fused-ring (bicyclic) bond motifs is 3. The van der Waals surface area contributed by atoms with E-state index in [0.717, 1.165) is 42.7 Å². The normalized spacial score (nSPS) is 11.5. The number of aryl methyl sites for hydroxylation is 5. The van der Waals surface area contributed by atoms with Crippen molar-refractivity contribution in [3.05, 3.63) is 252 Å². The van der Waals surface area contributed by atoms with Gasteiger partial charge in [-0.3, -0.25) is 0 Å². The van der Waals surface area contributed by atoms with Crippen molar-refractivity contribution in [2.75, 3.05) is 4.90 Å². The number of aromatic nitrogens is 1. The van der Waals surface area contributed by atoms with Gasteiger partial charge in [-0.1, -0.05) is 229 Å². The van der Waals surface area contributed by atoms with Crippen LogP contribution in [0.15, 0.2) is 224 Å². The predicted octanol–water partition coefficient (Wildman–Crippen LogP) is 22.4. The van der Waals surface area contributed by atoms with Crippen molar-refractivity contribution in [1.82, 2.24) is 4.57 Å². The molecule has 0 aliphatic rings. The first-order valence-corrected chi connectivity index (χ1v) is 29.5. The molecule has 0 atom stereocenters.